The molecule has 66 valence electrons. The predicted molar refractivity (Wildman–Crippen MR) is 46.4 cm³/mol. The Morgan fingerprint density at radius 3 is 2.36 bits per heavy atom. The molecule has 0 N–H and O–H groups in total. The third-order valence-electron chi connectivity index (χ3n) is 2.36. The summed E-state index contributed by atoms with van der Waals surface area (Å²) in [5.41, 5.74) is 0.387. The molecule has 0 bridgehead atoms. The number of hydrogen-bond acceptors (Lipinski definition) is 2. The van der Waals surface area contributed by atoms with Crippen LogP contribution in [0.5, 0.6) is 0 Å². The van der Waals surface area contributed by atoms with E-state index in [0.717, 1.165) is 13.3 Å². The summed E-state index contributed by atoms with van der Waals surface area (Å²) in [5, 5.41) is 0. The summed E-state index contributed by atoms with van der Waals surface area (Å²) in [6.45, 7) is 8.59. The van der Waals surface area contributed by atoms with Gasteiger partial charge in [-0.05, 0) is 18.9 Å². The Balaban J connectivity index is 2.55. The van der Waals surface area contributed by atoms with E-state index in [0.29, 0.717) is 11.5 Å². The summed E-state index contributed by atoms with van der Waals surface area (Å²) in [5.74, 6) is 0. The Kier molecular flexibility index (Phi) is 2.55. The molecule has 1 atom stereocenters. The fraction of sp³-hybridized carbons (Fsp3) is 1.00. The molecule has 0 aromatic heterocycles. The summed E-state index contributed by atoms with van der Waals surface area (Å²) < 4.78 is 5.33. The molecule has 2 nitrogen and oxygen atoms in total. The molecule has 2 heteroatoms. The van der Waals surface area contributed by atoms with Gasteiger partial charge in [0.1, 0.15) is 0 Å². The summed E-state index contributed by atoms with van der Waals surface area (Å²) in [4.78, 5) is 2.30. The lowest BCUT2D eigenvalue weighted by Gasteiger charge is -2.40. The molecular weight excluding hydrogens is 138 g/mol. The van der Waals surface area contributed by atoms with Crippen LogP contribution in [0.4, 0.5) is 0 Å². The van der Waals surface area contributed by atoms with Gasteiger partial charge in [0.25, 0.3) is 0 Å². The Hall–Kier alpha value is -0.0800. The molecule has 1 heterocycles. The number of rotatable bonds is 0. The lowest BCUT2D eigenvalue weighted by Crippen LogP contribution is -2.46. The van der Waals surface area contributed by atoms with Crippen molar-refractivity contribution in [2.45, 2.75) is 33.2 Å². The van der Waals surface area contributed by atoms with E-state index < -0.39 is 0 Å². The quantitative estimate of drug-likeness (QED) is 0.531. The highest BCUT2D eigenvalue weighted by atomic mass is 16.5. The van der Waals surface area contributed by atoms with Crippen LogP contribution in [-0.2, 0) is 4.74 Å². The van der Waals surface area contributed by atoms with Gasteiger partial charge in [-0.25, -0.2) is 0 Å². The van der Waals surface area contributed by atoms with E-state index in [4.69, 9.17) is 4.74 Å². The Morgan fingerprint density at radius 2 is 2.00 bits per heavy atom. The van der Waals surface area contributed by atoms with Crippen molar-refractivity contribution < 1.29 is 4.74 Å². The maximum Gasteiger partial charge on any atom is 0.0990 e. The van der Waals surface area contributed by atoms with Crippen molar-refractivity contribution in [2.75, 3.05) is 20.4 Å². The van der Waals surface area contributed by atoms with Gasteiger partial charge in [0.15, 0.2) is 0 Å². The minimum absolute atomic E-state index is 0.387. The van der Waals surface area contributed by atoms with Crippen LogP contribution in [0.3, 0.4) is 0 Å². The average molecular weight is 157 g/mol. The molecule has 1 saturated heterocycles. The van der Waals surface area contributed by atoms with Crippen LogP contribution in [0.25, 0.3) is 0 Å². The fourth-order valence-corrected chi connectivity index (χ4v) is 1.81. The molecule has 1 aliphatic heterocycles. The smallest absolute Gasteiger partial charge is 0.0990 e. The summed E-state index contributed by atoms with van der Waals surface area (Å²) >= 11 is 0. The Labute approximate surface area is 69.5 Å². The average Bonchev–Trinajstić information content (AvgIpc) is 1.86. The zero-order valence-electron chi connectivity index (χ0n) is 8.05. The molecule has 0 saturated carbocycles. The summed E-state index contributed by atoms with van der Waals surface area (Å²) in [6, 6.07) is 0.677. The van der Waals surface area contributed by atoms with Gasteiger partial charge in [-0.3, -0.25) is 4.90 Å². The molecule has 0 aliphatic carbocycles. The zero-order chi connectivity index (χ0) is 8.48. The summed E-state index contributed by atoms with van der Waals surface area (Å²) in [7, 11) is 2.13. The van der Waals surface area contributed by atoms with Crippen LogP contribution >= 0.6 is 0 Å². The van der Waals surface area contributed by atoms with Crippen molar-refractivity contribution in [1.82, 2.24) is 4.90 Å². The van der Waals surface area contributed by atoms with E-state index in [1.54, 1.807) is 0 Å². The minimum atomic E-state index is 0.387. The molecule has 0 radical (unpaired) electrons. The van der Waals surface area contributed by atoms with Gasteiger partial charge in [-0.15, -0.1) is 0 Å². The van der Waals surface area contributed by atoms with E-state index in [1.807, 2.05) is 0 Å². The van der Waals surface area contributed by atoms with Crippen molar-refractivity contribution in [3.8, 4) is 0 Å². The van der Waals surface area contributed by atoms with Gasteiger partial charge in [0.2, 0.25) is 0 Å². The van der Waals surface area contributed by atoms with Crippen LogP contribution in [0, 0.1) is 5.41 Å². The van der Waals surface area contributed by atoms with Crippen LogP contribution in [0.15, 0.2) is 0 Å². The predicted octanol–water partition coefficient (Wildman–Crippen LogP) is 1.71. The standard InChI is InChI=1S/C9H19NO/c1-9(2,3)8-5-6-11-7-10(8)4/h8H,5-7H2,1-4H3. The topological polar surface area (TPSA) is 12.5 Å². The van der Waals surface area contributed by atoms with Gasteiger partial charge < -0.3 is 4.74 Å². The monoisotopic (exact) mass is 157 g/mol. The number of nitrogens with zero attached hydrogens (tertiary/aromatic N) is 1. The maximum atomic E-state index is 5.33. The van der Waals surface area contributed by atoms with E-state index in [1.165, 1.54) is 6.42 Å². The minimum Gasteiger partial charge on any atom is -0.366 e. The maximum absolute atomic E-state index is 5.33. The van der Waals surface area contributed by atoms with E-state index in [-0.39, 0.29) is 0 Å². The molecule has 0 aromatic carbocycles. The van der Waals surface area contributed by atoms with Crippen molar-refractivity contribution in [3.05, 3.63) is 0 Å². The van der Waals surface area contributed by atoms with Crippen molar-refractivity contribution >= 4 is 0 Å². The van der Waals surface area contributed by atoms with Gasteiger partial charge in [-0.2, -0.15) is 0 Å². The van der Waals surface area contributed by atoms with Crippen LogP contribution in [0.2, 0.25) is 0 Å². The molecule has 1 rings (SSSR count). The van der Waals surface area contributed by atoms with Crippen LogP contribution < -0.4 is 0 Å². The SMILES string of the molecule is CN1COCCC1C(C)(C)C. The molecule has 0 spiro atoms. The molecule has 1 aliphatic rings. The lowest BCUT2D eigenvalue weighted by atomic mass is 9.84. The third kappa shape index (κ3) is 2.17. The van der Waals surface area contributed by atoms with Gasteiger partial charge in [0, 0.05) is 12.6 Å². The molecule has 0 amide bonds. The molecular formula is C9H19NO. The Bertz CT molecular complexity index is 128. The molecule has 0 aromatic rings. The van der Waals surface area contributed by atoms with Gasteiger partial charge in [0.05, 0.1) is 6.73 Å². The van der Waals surface area contributed by atoms with Crippen molar-refractivity contribution in [2.24, 2.45) is 5.41 Å². The van der Waals surface area contributed by atoms with E-state index >= 15 is 0 Å². The largest absolute Gasteiger partial charge is 0.366 e. The van der Waals surface area contributed by atoms with Gasteiger partial charge >= 0.3 is 0 Å². The first-order valence-electron chi connectivity index (χ1n) is 4.30. The highest BCUT2D eigenvalue weighted by Crippen LogP contribution is 2.27. The first kappa shape index (κ1) is 9.01. The summed E-state index contributed by atoms with van der Waals surface area (Å²) in [6.07, 6.45) is 1.17. The van der Waals surface area contributed by atoms with E-state index in [2.05, 4.69) is 32.7 Å². The zero-order valence-corrected chi connectivity index (χ0v) is 8.05. The van der Waals surface area contributed by atoms with Crippen LogP contribution in [0.1, 0.15) is 27.2 Å². The second-order valence-corrected chi connectivity index (χ2v) is 4.46. The van der Waals surface area contributed by atoms with Crippen LogP contribution in [-0.4, -0.2) is 31.3 Å². The molecule has 1 fully saturated rings. The second kappa shape index (κ2) is 3.11. The van der Waals surface area contributed by atoms with E-state index in [9.17, 15) is 0 Å². The lowest BCUT2D eigenvalue weighted by molar-refractivity contribution is -0.0637. The fourth-order valence-electron chi connectivity index (χ4n) is 1.81. The van der Waals surface area contributed by atoms with Crippen molar-refractivity contribution in [1.29, 1.82) is 0 Å². The third-order valence-corrected chi connectivity index (χ3v) is 2.36. The molecule has 11 heavy (non-hydrogen) atoms. The second-order valence-electron chi connectivity index (χ2n) is 4.46. The van der Waals surface area contributed by atoms with Crippen molar-refractivity contribution in [3.63, 3.8) is 0 Å². The highest BCUT2D eigenvalue weighted by molar-refractivity contribution is 4.82. The Morgan fingerprint density at radius 1 is 1.36 bits per heavy atom. The molecule has 1 unspecified atom stereocenters. The number of ether oxygens (including phenoxy) is 1. The first-order chi connectivity index (χ1) is 5.02. The first-order valence-corrected chi connectivity index (χ1v) is 4.30. The number of hydrogen-bond donors (Lipinski definition) is 0. The normalized spacial score (nSPS) is 28.9. The highest BCUT2D eigenvalue weighted by Gasteiger charge is 2.30. The van der Waals surface area contributed by atoms with Gasteiger partial charge in [-0.1, -0.05) is 20.8 Å².